The molecule has 90 valence electrons. The highest BCUT2D eigenvalue weighted by Gasteiger charge is 2.28. The number of hydrogen-bond acceptors (Lipinski definition) is 3. The van der Waals surface area contributed by atoms with E-state index in [9.17, 15) is 0 Å². The maximum Gasteiger partial charge on any atom is 0.0300 e. The molecule has 0 aromatic carbocycles. The van der Waals surface area contributed by atoms with Crippen LogP contribution in [0.25, 0.3) is 0 Å². The Morgan fingerprint density at radius 3 is 2.81 bits per heavy atom. The average molecular weight is 238 g/mol. The fourth-order valence-corrected chi connectivity index (χ4v) is 2.83. The molecular formula is C13H22N2S. The van der Waals surface area contributed by atoms with Crippen molar-refractivity contribution in [2.45, 2.75) is 45.3 Å². The maximum atomic E-state index is 3.55. The van der Waals surface area contributed by atoms with Gasteiger partial charge in [-0.15, -0.1) is 11.3 Å². The summed E-state index contributed by atoms with van der Waals surface area (Å²) in [5.74, 6) is 0. The SMILES string of the molecule is Cc1ccc(CNCC(C)N(C)C2CC2)s1. The predicted molar refractivity (Wildman–Crippen MR) is 71.0 cm³/mol. The van der Waals surface area contributed by atoms with Gasteiger partial charge in [-0.1, -0.05) is 0 Å². The number of aryl methyl sites for hydroxylation is 1. The summed E-state index contributed by atoms with van der Waals surface area (Å²) in [6, 6.07) is 5.93. The van der Waals surface area contributed by atoms with E-state index in [0.29, 0.717) is 6.04 Å². The highest BCUT2D eigenvalue weighted by Crippen LogP contribution is 2.26. The van der Waals surface area contributed by atoms with Crippen LogP contribution in [0.4, 0.5) is 0 Å². The molecule has 0 saturated heterocycles. The van der Waals surface area contributed by atoms with E-state index in [1.54, 1.807) is 0 Å². The first kappa shape index (κ1) is 12.1. The highest BCUT2D eigenvalue weighted by molar-refractivity contribution is 7.11. The summed E-state index contributed by atoms with van der Waals surface area (Å²) < 4.78 is 0. The Labute approximate surface area is 103 Å². The zero-order chi connectivity index (χ0) is 11.5. The standard InChI is InChI=1S/C13H22N2S/c1-10(15(3)12-5-6-12)8-14-9-13-7-4-11(2)16-13/h4,7,10,12,14H,5-6,8-9H2,1-3H3. The van der Waals surface area contributed by atoms with Crippen molar-refractivity contribution in [1.82, 2.24) is 10.2 Å². The Bertz CT molecular complexity index is 330. The molecule has 1 aromatic heterocycles. The highest BCUT2D eigenvalue weighted by atomic mass is 32.1. The van der Waals surface area contributed by atoms with Gasteiger partial charge in [0.1, 0.15) is 0 Å². The van der Waals surface area contributed by atoms with Crippen molar-refractivity contribution in [2.24, 2.45) is 0 Å². The van der Waals surface area contributed by atoms with Crippen molar-refractivity contribution in [2.75, 3.05) is 13.6 Å². The van der Waals surface area contributed by atoms with Gasteiger partial charge in [0, 0.05) is 34.9 Å². The number of hydrogen-bond donors (Lipinski definition) is 1. The van der Waals surface area contributed by atoms with E-state index in [-0.39, 0.29) is 0 Å². The topological polar surface area (TPSA) is 15.3 Å². The van der Waals surface area contributed by atoms with Gasteiger partial charge < -0.3 is 5.32 Å². The third-order valence-corrected chi connectivity index (χ3v) is 4.35. The van der Waals surface area contributed by atoms with Gasteiger partial charge in [-0.05, 0) is 45.9 Å². The zero-order valence-electron chi connectivity index (χ0n) is 10.5. The van der Waals surface area contributed by atoms with Crippen LogP contribution in [0.5, 0.6) is 0 Å². The van der Waals surface area contributed by atoms with Crippen LogP contribution in [0.15, 0.2) is 12.1 Å². The van der Waals surface area contributed by atoms with Crippen LogP contribution in [0.1, 0.15) is 29.5 Å². The van der Waals surface area contributed by atoms with Gasteiger partial charge in [-0.2, -0.15) is 0 Å². The third-order valence-electron chi connectivity index (χ3n) is 3.35. The molecule has 1 atom stereocenters. The predicted octanol–water partition coefficient (Wildman–Crippen LogP) is 2.63. The minimum absolute atomic E-state index is 0.647. The number of likely N-dealkylation sites (N-methyl/N-ethyl adjacent to an activating group) is 1. The largest absolute Gasteiger partial charge is 0.310 e. The van der Waals surface area contributed by atoms with Gasteiger partial charge in [-0.3, -0.25) is 4.90 Å². The normalized spacial score (nSPS) is 18.0. The first-order valence-corrected chi connectivity index (χ1v) is 6.96. The summed E-state index contributed by atoms with van der Waals surface area (Å²) in [7, 11) is 2.25. The monoisotopic (exact) mass is 238 g/mol. The van der Waals surface area contributed by atoms with Crippen molar-refractivity contribution < 1.29 is 0 Å². The number of thiophene rings is 1. The van der Waals surface area contributed by atoms with Crippen LogP contribution in [0.3, 0.4) is 0 Å². The van der Waals surface area contributed by atoms with E-state index in [0.717, 1.165) is 19.1 Å². The van der Waals surface area contributed by atoms with Crippen LogP contribution in [-0.2, 0) is 6.54 Å². The minimum Gasteiger partial charge on any atom is -0.310 e. The summed E-state index contributed by atoms with van der Waals surface area (Å²) >= 11 is 1.89. The second kappa shape index (κ2) is 5.30. The lowest BCUT2D eigenvalue weighted by atomic mass is 10.3. The van der Waals surface area contributed by atoms with Crippen molar-refractivity contribution in [3.63, 3.8) is 0 Å². The van der Waals surface area contributed by atoms with Gasteiger partial charge in [0.05, 0.1) is 0 Å². The number of nitrogens with one attached hydrogen (secondary N) is 1. The maximum absolute atomic E-state index is 3.55. The molecule has 1 saturated carbocycles. The van der Waals surface area contributed by atoms with Crippen molar-refractivity contribution >= 4 is 11.3 Å². The molecule has 0 aliphatic heterocycles. The van der Waals surface area contributed by atoms with Crippen molar-refractivity contribution in [1.29, 1.82) is 0 Å². The molecule has 1 heterocycles. The molecule has 0 amide bonds. The lowest BCUT2D eigenvalue weighted by molar-refractivity contribution is 0.241. The summed E-state index contributed by atoms with van der Waals surface area (Å²) in [4.78, 5) is 5.35. The van der Waals surface area contributed by atoms with Gasteiger partial charge in [0.25, 0.3) is 0 Å². The van der Waals surface area contributed by atoms with E-state index < -0.39 is 0 Å². The molecule has 1 aliphatic carbocycles. The summed E-state index contributed by atoms with van der Waals surface area (Å²) in [5, 5.41) is 3.55. The summed E-state index contributed by atoms with van der Waals surface area (Å²) in [5.41, 5.74) is 0. The van der Waals surface area contributed by atoms with Gasteiger partial charge in [0.15, 0.2) is 0 Å². The fraction of sp³-hybridized carbons (Fsp3) is 0.692. The zero-order valence-corrected chi connectivity index (χ0v) is 11.3. The number of rotatable bonds is 6. The smallest absolute Gasteiger partial charge is 0.0300 e. The molecule has 1 fully saturated rings. The minimum atomic E-state index is 0.647. The second-order valence-corrected chi connectivity index (χ2v) is 6.26. The lowest BCUT2D eigenvalue weighted by Crippen LogP contribution is -2.38. The molecule has 0 radical (unpaired) electrons. The summed E-state index contributed by atoms with van der Waals surface area (Å²) in [6.07, 6.45) is 2.79. The molecule has 1 aliphatic rings. The van der Waals surface area contributed by atoms with Crippen molar-refractivity contribution in [3.8, 4) is 0 Å². The molecule has 0 spiro atoms. The Hall–Kier alpha value is -0.380. The summed E-state index contributed by atoms with van der Waals surface area (Å²) in [6.45, 7) is 6.58. The molecule has 3 heteroatoms. The molecule has 1 N–H and O–H groups in total. The molecular weight excluding hydrogens is 216 g/mol. The number of nitrogens with zero attached hydrogens (tertiary/aromatic N) is 1. The lowest BCUT2D eigenvalue weighted by Gasteiger charge is -2.24. The second-order valence-electron chi connectivity index (χ2n) is 4.89. The third kappa shape index (κ3) is 3.30. The van der Waals surface area contributed by atoms with Crippen LogP contribution in [0, 0.1) is 6.92 Å². The van der Waals surface area contributed by atoms with E-state index >= 15 is 0 Å². The van der Waals surface area contributed by atoms with Crippen LogP contribution >= 0.6 is 11.3 Å². The quantitative estimate of drug-likeness (QED) is 0.819. The van der Waals surface area contributed by atoms with Crippen LogP contribution in [-0.4, -0.2) is 30.6 Å². The molecule has 2 rings (SSSR count). The molecule has 2 nitrogen and oxygen atoms in total. The molecule has 1 unspecified atom stereocenters. The Morgan fingerprint density at radius 2 is 2.25 bits per heavy atom. The first-order chi connectivity index (χ1) is 7.66. The molecule has 16 heavy (non-hydrogen) atoms. The van der Waals surface area contributed by atoms with E-state index in [4.69, 9.17) is 0 Å². The van der Waals surface area contributed by atoms with Crippen LogP contribution < -0.4 is 5.32 Å². The van der Waals surface area contributed by atoms with E-state index in [1.807, 2.05) is 11.3 Å². The van der Waals surface area contributed by atoms with Gasteiger partial charge >= 0.3 is 0 Å². The van der Waals surface area contributed by atoms with Gasteiger partial charge in [0.2, 0.25) is 0 Å². The van der Waals surface area contributed by atoms with E-state index in [2.05, 4.69) is 43.2 Å². The van der Waals surface area contributed by atoms with Gasteiger partial charge in [-0.25, -0.2) is 0 Å². The fourth-order valence-electron chi connectivity index (χ4n) is 1.97. The van der Waals surface area contributed by atoms with E-state index in [1.165, 1.54) is 22.6 Å². The first-order valence-electron chi connectivity index (χ1n) is 6.15. The Kier molecular flexibility index (Phi) is 4.00. The Morgan fingerprint density at radius 1 is 1.50 bits per heavy atom. The molecule has 0 bridgehead atoms. The molecule has 1 aromatic rings. The average Bonchev–Trinajstić information content (AvgIpc) is 3.02. The Balaban J connectivity index is 1.67. The van der Waals surface area contributed by atoms with Crippen LogP contribution in [0.2, 0.25) is 0 Å². The van der Waals surface area contributed by atoms with Crippen molar-refractivity contribution in [3.05, 3.63) is 21.9 Å².